The lowest BCUT2D eigenvalue weighted by Gasteiger charge is -2.42. The molecule has 2 aliphatic rings. The van der Waals surface area contributed by atoms with Gasteiger partial charge in [0.25, 0.3) is 5.91 Å². The monoisotopic (exact) mass is 554 g/mol. The maximum Gasteiger partial charge on any atom is 0.416 e. The van der Waals surface area contributed by atoms with Gasteiger partial charge in [0.1, 0.15) is 0 Å². The number of nitrogens with one attached hydrogen (secondary N) is 2. The number of ether oxygens (including phenoxy) is 1. The molecule has 1 aliphatic heterocycles. The van der Waals surface area contributed by atoms with Gasteiger partial charge in [0.2, 0.25) is 5.91 Å². The lowest BCUT2D eigenvalue weighted by atomic mass is 9.77. The van der Waals surface area contributed by atoms with E-state index in [0.717, 1.165) is 44.2 Å². The minimum atomic E-state index is -4.58. The van der Waals surface area contributed by atoms with Crippen LogP contribution in [0.1, 0.15) is 75.7 Å². The zero-order chi connectivity index (χ0) is 28.7. The first kappa shape index (κ1) is 31.2. The molecule has 1 heterocycles. The molecule has 3 rings (SSSR count). The fourth-order valence-corrected chi connectivity index (χ4v) is 5.58. The second-order valence-corrected chi connectivity index (χ2v) is 11.6. The highest BCUT2D eigenvalue weighted by Gasteiger charge is 2.35. The van der Waals surface area contributed by atoms with Crippen molar-refractivity contribution in [3.63, 3.8) is 0 Å². The number of carbonyl (C=O) groups excluding carboxylic acids is 2. The molecule has 1 aromatic carbocycles. The SMILES string of the molecule is CC(C)CC[C@@H]1C[C@H](N(C)C(C)C)CC[C@@H]1NC(=O)CNC(=O)c1cc(C(F)(F)F)ccc1N1CCOCC1. The van der Waals surface area contributed by atoms with E-state index in [0.29, 0.717) is 55.9 Å². The predicted octanol–water partition coefficient (Wildman–Crippen LogP) is 4.70. The molecule has 1 saturated carbocycles. The van der Waals surface area contributed by atoms with Gasteiger partial charge in [0.15, 0.2) is 0 Å². The smallest absolute Gasteiger partial charge is 0.378 e. The van der Waals surface area contributed by atoms with Crippen LogP contribution < -0.4 is 15.5 Å². The third kappa shape index (κ3) is 8.83. The van der Waals surface area contributed by atoms with Crippen LogP contribution in [0.2, 0.25) is 0 Å². The van der Waals surface area contributed by atoms with Crippen LogP contribution in [0.4, 0.5) is 18.9 Å². The van der Waals surface area contributed by atoms with Gasteiger partial charge in [-0.25, -0.2) is 0 Å². The van der Waals surface area contributed by atoms with Gasteiger partial charge >= 0.3 is 6.18 Å². The Labute approximate surface area is 230 Å². The zero-order valence-corrected chi connectivity index (χ0v) is 23.9. The molecular formula is C29H45F3N4O3. The molecule has 10 heteroatoms. The Balaban J connectivity index is 1.66. The summed E-state index contributed by atoms with van der Waals surface area (Å²) in [5.41, 5.74) is -0.581. The lowest BCUT2D eigenvalue weighted by molar-refractivity contribution is -0.137. The minimum absolute atomic E-state index is 0.0161. The summed E-state index contributed by atoms with van der Waals surface area (Å²) in [6.45, 7) is 10.3. The number of halogens is 3. The molecule has 2 amide bonds. The van der Waals surface area contributed by atoms with Crippen molar-refractivity contribution >= 4 is 17.5 Å². The van der Waals surface area contributed by atoms with E-state index in [1.165, 1.54) is 6.07 Å². The average molecular weight is 555 g/mol. The number of amides is 2. The summed E-state index contributed by atoms with van der Waals surface area (Å²) in [4.78, 5) is 30.3. The summed E-state index contributed by atoms with van der Waals surface area (Å²) < 4.78 is 45.6. The quantitative estimate of drug-likeness (QED) is 0.439. The number of carbonyl (C=O) groups is 2. The molecule has 0 bridgehead atoms. The number of anilines is 1. The Hall–Kier alpha value is -2.33. The van der Waals surface area contributed by atoms with Crippen molar-refractivity contribution in [2.45, 2.75) is 84.1 Å². The molecule has 3 atom stereocenters. The molecule has 1 aromatic rings. The first-order valence-electron chi connectivity index (χ1n) is 14.2. The first-order valence-corrected chi connectivity index (χ1v) is 14.2. The number of morpholine rings is 1. The van der Waals surface area contributed by atoms with E-state index in [9.17, 15) is 22.8 Å². The van der Waals surface area contributed by atoms with Crippen molar-refractivity contribution in [3.05, 3.63) is 29.3 Å². The number of hydrogen-bond acceptors (Lipinski definition) is 5. The molecule has 0 aromatic heterocycles. The van der Waals surface area contributed by atoms with Gasteiger partial charge in [-0.1, -0.05) is 20.3 Å². The molecule has 2 N–H and O–H groups in total. The van der Waals surface area contributed by atoms with Crippen LogP contribution in [-0.2, 0) is 15.7 Å². The molecule has 39 heavy (non-hydrogen) atoms. The summed E-state index contributed by atoms with van der Waals surface area (Å²) in [7, 11) is 2.15. The normalized spacial score (nSPS) is 22.4. The summed E-state index contributed by atoms with van der Waals surface area (Å²) in [6, 6.07) is 4.11. The van der Waals surface area contributed by atoms with Gasteiger partial charge < -0.3 is 25.2 Å². The van der Waals surface area contributed by atoms with Gasteiger partial charge in [-0.2, -0.15) is 13.2 Å². The topological polar surface area (TPSA) is 73.9 Å². The molecule has 7 nitrogen and oxygen atoms in total. The van der Waals surface area contributed by atoms with Gasteiger partial charge in [-0.15, -0.1) is 0 Å². The molecule has 0 radical (unpaired) electrons. The van der Waals surface area contributed by atoms with Gasteiger partial charge in [-0.3, -0.25) is 9.59 Å². The van der Waals surface area contributed by atoms with E-state index < -0.39 is 17.6 Å². The molecule has 2 fully saturated rings. The third-order valence-corrected chi connectivity index (χ3v) is 8.14. The maximum atomic E-state index is 13.4. The Kier molecular flexibility index (Phi) is 11.1. The second kappa shape index (κ2) is 13.8. The molecule has 1 saturated heterocycles. The van der Waals surface area contributed by atoms with Crippen molar-refractivity contribution < 1.29 is 27.5 Å². The van der Waals surface area contributed by atoms with Crippen molar-refractivity contribution in [1.29, 1.82) is 0 Å². The molecule has 220 valence electrons. The van der Waals surface area contributed by atoms with Crippen LogP contribution in [0.5, 0.6) is 0 Å². The summed E-state index contributed by atoms with van der Waals surface area (Å²) in [5.74, 6) is -0.116. The predicted molar refractivity (Wildman–Crippen MR) is 147 cm³/mol. The lowest BCUT2D eigenvalue weighted by Crippen LogP contribution is -2.51. The largest absolute Gasteiger partial charge is 0.416 e. The Morgan fingerprint density at radius 1 is 1.13 bits per heavy atom. The van der Waals surface area contributed by atoms with E-state index in [2.05, 4.69) is 50.3 Å². The van der Waals surface area contributed by atoms with E-state index in [1.54, 1.807) is 0 Å². The van der Waals surface area contributed by atoms with Gasteiger partial charge in [-0.05, 0) is 76.6 Å². The van der Waals surface area contributed by atoms with Crippen molar-refractivity contribution in [3.8, 4) is 0 Å². The van der Waals surface area contributed by atoms with Crippen molar-refractivity contribution in [2.24, 2.45) is 11.8 Å². The molecular weight excluding hydrogens is 509 g/mol. The van der Waals surface area contributed by atoms with Crippen LogP contribution in [0.3, 0.4) is 0 Å². The molecule has 1 aliphatic carbocycles. The average Bonchev–Trinajstić information content (AvgIpc) is 2.90. The molecule has 0 unspecified atom stereocenters. The summed E-state index contributed by atoms with van der Waals surface area (Å²) in [6.07, 6.45) is 0.363. The first-order chi connectivity index (χ1) is 18.4. The Morgan fingerprint density at radius 2 is 1.82 bits per heavy atom. The standard InChI is InChI=1S/C29H45F3N4O3/c1-19(2)6-7-21-16-23(35(5)20(3)4)9-10-25(21)34-27(37)18-33-28(38)24-17-22(29(30,31)32)8-11-26(24)36-12-14-39-15-13-36/h8,11,17,19-21,23,25H,6-7,9-10,12-16,18H2,1-5H3,(H,33,38)(H,34,37)/t21-,23-,25+/m1/s1. The second-order valence-electron chi connectivity index (χ2n) is 11.6. The third-order valence-electron chi connectivity index (χ3n) is 8.14. The van der Waals surface area contributed by atoms with E-state index >= 15 is 0 Å². The van der Waals surface area contributed by atoms with Gasteiger partial charge in [0.05, 0.1) is 30.9 Å². The highest BCUT2D eigenvalue weighted by atomic mass is 19.4. The number of nitrogens with zero attached hydrogens (tertiary/aromatic N) is 2. The van der Waals surface area contributed by atoms with E-state index in [1.807, 2.05) is 4.90 Å². The maximum absolute atomic E-state index is 13.4. The van der Waals surface area contributed by atoms with Crippen LogP contribution >= 0.6 is 0 Å². The van der Waals surface area contributed by atoms with E-state index in [4.69, 9.17) is 4.74 Å². The van der Waals surface area contributed by atoms with Crippen molar-refractivity contribution in [2.75, 3.05) is 44.8 Å². The number of hydrogen-bond donors (Lipinski definition) is 2. The number of alkyl halides is 3. The minimum Gasteiger partial charge on any atom is -0.378 e. The van der Waals surface area contributed by atoms with Crippen LogP contribution in [0.15, 0.2) is 18.2 Å². The number of rotatable bonds is 10. The zero-order valence-electron chi connectivity index (χ0n) is 23.9. The fourth-order valence-electron chi connectivity index (χ4n) is 5.58. The van der Waals surface area contributed by atoms with E-state index in [-0.39, 0.29) is 24.1 Å². The fraction of sp³-hybridized carbons (Fsp3) is 0.724. The summed E-state index contributed by atoms with van der Waals surface area (Å²) in [5, 5.41) is 5.69. The Morgan fingerprint density at radius 3 is 2.44 bits per heavy atom. The summed E-state index contributed by atoms with van der Waals surface area (Å²) >= 11 is 0. The van der Waals surface area contributed by atoms with Crippen LogP contribution in [-0.4, -0.2) is 74.7 Å². The molecule has 0 spiro atoms. The van der Waals surface area contributed by atoms with Crippen LogP contribution in [0, 0.1) is 11.8 Å². The highest BCUT2D eigenvalue weighted by Crippen LogP contribution is 2.34. The number of benzene rings is 1. The van der Waals surface area contributed by atoms with Crippen molar-refractivity contribution in [1.82, 2.24) is 15.5 Å². The Bertz CT molecular complexity index is 964. The highest BCUT2D eigenvalue weighted by molar-refractivity contribution is 6.01. The van der Waals surface area contributed by atoms with Gasteiger partial charge in [0, 0.05) is 36.9 Å². The van der Waals surface area contributed by atoms with Crippen LogP contribution in [0.25, 0.3) is 0 Å².